The molecule has 61 heavy (non-hydrogen) atoms. The Hall–Kier alpha value is -6.53. The Balaban J connectivity index is 1.46. The normalized spacial score (nSPS) is 12.7. The highest BCUT2D eigenvalue weighted by Crippen LogP contribution is 2.21. The third-order valence-electron chi connectivity index (χ3n) is 10.2. The molecule has 0 aliphatic heterocycles. The molecule has 3 atom stereocenters. The van der Waals surface area contributed by atoms with Crippen molar-refractivity contribution in [1.82, 2.24) is 20.1 Å². The standard InChI is InChI=1S/C49H54N4O7S/c1-6-7-9-16-38-17-12-13-18-39(38)23-28-46(55)51-43(29-36-19-24-40(54)25-20-36)47(56)52(3)44(30-37-21-26-41(59-5)27-22-37)48(57)53(4)45(31-35-14-10-8-11-15-35)49(58)60-33-42-32-50-34(2)61-42/h8-28,32,43-45,54H,6-7,29-31,33H2,1-5H3,(H,51,55)/b16-9-,28-23+/t43-,44+,45+/m1/s1. The van der Waals surface area contributed by atoms with Crippen molar-refractivity contribution in [3.8, 4) is 11.5 Å². The Morgan fingerprint density at radius 3 is 2.00 bits per heavy atom. The molecule has 3 amide bonds. The van der Waals surface area contributed by atoms with E-state index in [1.807, 2.05) is 79.7 Å². The lowest BCUT2D eigenvalue weighted by atomic mass is 9.99. The van der Waals surface area contributed by atoms with E-state index >= 15 is 0 Å². The molecule has 0 aliphatic carbocycles. The highest BCUT2D eigenvalue weighted by atomic mass is 32.1. The van der Waals surface area contributed by atoms with Crippen LogP contribution in [0.15, 0.2) is 121 Å². The summed E-state index contributed by atoms with van der Waals surface area (Å²) < 4.78 is 11.2. The highest BCUT2D eigenvalue weighted by molar-refractivity contribution is 7.11. The number of nitrogens with one attached hydrogen (secondary N) is 1. The maximum atomic E-state index is 14.9. The van der Waals surface area contributed by atoms with Crippen molar-refractivity contribution in [2.24, 2.45) is 0 Å². The number of rotatable bonds is 20. The Kier molecular flexibility index (Phi) is 17.0. The highest BCUT2D eigenvalue weighted by Gasteiger charge is 2.38. The van der Waals surface area contributed by atoms with Crippen LogP contribution in [0.4, 0.5) is 0 Å². The van der Waals surface area contributed by atoms with Crippen molar-refractivity contribution < 1.29 is 33.8 Å². The average Bonchev–Trinajstić information content (AvgIpc) is 3.71. The summed E-state index contributed by atoms with van der Waals surface area (Å²) in [7, 11) is 4.64. The fraction of sp³-hybridized carbons (Fsp3) is 0.286. The van der Waals surface area contributed by atoms with E-state index in [4.69, 9.17) is 9.47 Å². The number of aromatic hydroxyl groups is 1. The second-order valence-electron chi connectivity index (χ2n) is 14.7. The zero-order chi connectivity index (χ0) is 43.7. The van der Waals surface area contributed by atoms with Crippen LogP contribution in [0.25, 0.3) is 12.2 Å². The number of hydrogen-bond acceptors (Lipinski definition) is 9. The van der Waals surface area contributed by atoms with Crippen LogP contribution in [0.2, 0.25) is 0 Å². The molecule has 0 saturated heterocycles. The zero-order valence-electron chi connectivity index (χ0n) is 35.3. The van der Waals surface area contributed by atoms with Gasteiger partial charge in [-0.25, -0.2) is 9.78 Å². The van der Waals surface area contributed by atoms with E-state index in [2.05, 4.69) is 23.3 Å². The van der Waals surface area contributed by atoms with Gasteiger partial charge in [-0.15, -0.1) is 11.3 Å². The van der Waals surface area contributed by atoms with Crippen LogP contribution in [0, 0.1) is 6.92 Å². The van der Waals surface area contributed by atoms with Gasteiger partial charge in [-0.1, -0.05) is 104 Å². The van der Waals surface area contributed by atoms with Gasteiger partial charge < -0.3 is 29.7 Å². The van der Waals surface area contributed by atoms with E-state index in [0.717, 1.165) is 45.0 Å². The number of aryl methyl sites for hydroxylation is 1. The van der Waals surface area contributed by atoms with Gasteiger partial charge in [0.2, 0.25) is 17.7 Å². The number of ether oxygens (including phenoxy) is 2. The Labute approximate surface area is 362 Å². The summed E-state index contributed by atoms with van der Waals surface area (Å²) in [4.78, 5) is 65.0. The molecule has 0 aliphatic rings. The van der Waals surface area contributed by atoms with E-state index < -0.39 is 41.8 Å². The van der Waals surface area contributed by atoms with Crippen molar-refractivity contribution in [2.45, 2.75) is 70.7 Å². The monoisotopic (exact) mass is 842 g/mol. The Morgan fingerprint density at radius 1 is 0.770 bits per heavy atom. The fourth-order valence-electron chi connectivity index (χ4n) is 6.73. The van der Waals surface area contributed by atoms with Crippen LogP contribution in [0.3, 0.4) is 0 Å². The van der Waals surface area contributed by atoms with Gasteiger partial charge in [0.1, 0.15) is 36.2 Å². The van der Waals surface area contributed by atoms with E-state index in [0.29, 0.717) is 11.3 Å². The first-order valence-corrected chi connectivity index (χ1v) is 21.1. The van der Waals surface area contributed by atoms with Crippen LogP contribution < -0.4 is 10.1 Å². The molecular weight excluding hydrogens is 789 g/mol. The van der Waals surface area contributed by atoms with Gasteiger partial charge in [0.25, 0.3) is 0 Å². The molecule has 12 heteroatoms. The molecule has 5 rings (SSSR count). The fourth-order valence-corrected chi connectivity index (χ4v) is 7.44. The first-order valence-electron chi connectivity index (χ1n) is 20.3. The number of nitrogens with zero attached hydrogens (tertiary/aromatic N) is 3. The molecule has 1 aromatic heterocycles. The largest absolute Gasteiger partial charge is 0.508 e. The molecule has 2 N–H and O–H groups in total. The second-order valence-corrected chi connectivity index (χ2v) is 16.0. The number of aromatic nitrogens is 1. The first-order chi connectivity index (χ1) is 29.4. The van der Waals surface area contributed by atoms with Gasteiger partial charge in [-0.05, 0) is 71.5 Å². The molecule has 4 aromatic carbocycles. The quantitative estimate of drug-likeness (QED) is 0.0604. The smallest absolute Gasteiger partial charge is 0.329 e. The summed E-state index contributed by atoms with van der Waals surface area (Å²) in [5.74, 6) is -1.45. The number of likely N-dealkylation sites (N-methyl/N-ethyl adjacent to an activating group) is 2. The predicted molar refractivity (Wildman–Crippen MR) is 240 cm³/mol. The number of methoxy groups -OCH3 is 1. The van der Waals surface area contributed by atoms with E-state index in [9.17, 15) is 24.3 Å². The number of allylic oxidation sites excluding steroid dienone is 1. The zero-order valence-corrected chi connectivity index (χ0v) is 36.1. The van der Waals surface area contributed by atoms with Crippen LogP contribution in [-0.4, -0.2) is 82.9 Å². The molecule has 318 valence electrons. The number of phenolic OH excluding ortho intramolecular Hbond substituents is 1. The summed E-state index contributed by atoms with van der Waals surface area (Å²) >= 11 is 1.42. The minimum atomic E-state index is -1.11. The van der Waals surface area contributed by atoms with E-state index in [-0.39, 0.29) is 31.6 Å². The maximum Gasteiger partial charge on any atom is 0.329 e. The van der Waals surface area contributed by atoms with Crippen LogP contribution in [0.1, 0.15) is 57.5 Å². The lowest BCUT2D eigenvalue weighted by Crippen LogP contribution is -2.58. The van der Waals surface area contributed by atoms with Crippen molar-refractivity contribution in [1.29, 1.82) is 0 Å². The summed E-state index contributed by atoms with van der Waals surface area (Å²) in [5, 5.41) is 13.7. The minimum Gasteiger partial charge on any atom is -0.508 e. The second kappa shape index (κ2) is 22.7. The predicted octanol–water partition coefficient (Wildman–Crippen LogP) is 7.60. The number of hydrogen-bond donors (Lipinski definition) is 2. The molecule has 0 spiro atoms. The molecule has 1 heterocycles. The van der Waals surface area contributed by atoms with Crippen LogP contribution in [0.5, 0.6) is 11.5 Å². The van der Waals surface area contributed by atoms with Crippen LogP contribution >= 0.6 is 11.3 Å². The minimum absolute atomic E-state index is 0.000443. The van der Waals surface area contributed by atoms with Gasteiger partial charge in [0.15, 0.2) is 0 Å². The maximum absolute atomic E-state index is 14.9. The summed E-state index contributed by atoms with van der Waals surface area (Å²) in [6.07, 6.45) is 11.1. The van der Waals surface area contributed by atoms with Crippen molar-refractivity contribution in [3.05, 3.63) is 159 Å². The number of carbonyl (C=O) groups excluding carboxylic acids is 4. The molecular formula is C49H54N4O7S. The summed E-state index contributed by atoms with van der Waals surface area (Å²) in [6.45, 7) is 3.97. The Morgan fingerprint density at radius 2 is 1.36 bits per heavy atom. The Bertz CT molecular complexity index is 2270. The van der Waals surface area contributed by atoms with Gasteiger partial charge in [0, 0.05) is 45.6 Å². The van der Waals surface area contributed by atoms with Gasteiger partial charge in [0.05, 0.1) is 17.0 Å². The number of carbonyl (C=O) groups is 4. The molecule has 0 bridgehead atoms. The molecule has 5 aromatic rings. The van der Waals surface area contributed by atoms with Gasteiger partial charge >= 0.3 is 5.97 Å². The topological polar surface area (TPSA) is 138 Å². The third kappa shape index (κ3) is 13.5. The third-order valence-corrected chi connectivity index (χ3v) is 11.1. The van der Waals surface area contributed by atoms with Gasteiger partial charge in [-0.3, -0.25) is 14.4 Å². The SMILES string of the molecule is CCC/C=C\c1ccccc1/C=C/C(=O)N[C@H](Cc1ccc(O)cc1)C(=O)N(C)[C@@H](Cc1ccc(OC)cc1)C(=O)N(C)[C@@H](Cc1ccccc1)C(=O)OCc1cnc(C)s1. The molecule has 11 nitrogen and oxygen atoms in total. The number of thiazole rings is 1. The van der Waals surface area contributed by atoms with Crippen molar-refractivity contribution in [2.75, 3.05) is 21.2 Å². The lowest BCUT2D eigenvalue weighted by Gasteiger charge is -2.35. The number of unbranched alkanes of at least 4 members (excludes halogenated alkanes) is 1. The van der Waals surface area contributed by atoms with E-state index in [1.54, 1.807) is 50.7 Å². The average molecular weight is 843 g/mol. The summed E-state index contributed by atoms with van der Waals surface area (Å²) in [5.41, 5.74) is 4.02. The first kappa shape index (κ1) is 45.6. The molecule has 0 unspecified atom stereocenters. The van der Waals surface area contributed by atoms with Gasteiger partial charge in [-0.2, -0.15) is 0 Å². The van der Waals surface area contributed by atoms with Crippen molar-refractivity contribution >= 4 is 47.2 Å². The van der Waals surface area contributed by atoms with Crippen molar-refractivity contribution in [3.63, 3.8) is 0 Å². The van der Waals surface area contributed by atoms with E-state index in [1.165, 1.54) is 46.4 Å². The van der Waals surface area contributed by atoms with Crippen LogP contribution in [-0.2, 0) is 49.8 Å². The molecule has 0 fully saturated rings. The number of esters is 1. The number of phenols is 1. The lowest BCUT2D eigenvalue weighted by molar-refractivity contribution is -0.157. The summed E-state index contributed by atoms with van der Waals surface area (Å²) in [6, 6.07) is 27.4. The number of amides is 3. The molecule has 0 saturated carbocycles. The molecule has 0 radical (unpaired) electrons. The number of benzene rings is 4.